The molecule has 3 atom stereocenters. The molecule has 1 aliphatic carbocycles. The largest absolute Gasteiger partial charge is 0.461 e. The van der Waals surface area contributed by atoms with Crippen molar-refractivity contribution in [3.8, 4) is 0 Å². The van der Waals surface area contributed by atoms with Crippen LogP contribution >= 0.6 is 0 Å². The van der Waals surface area contributed by atoms with E-state index >= 15 is 0 Å². The van der Waals surface area contributed by atoms with Crippen molar-refractivity contribution in [1.29, 1.82) is 0 Å². The normalized spacial score (nSPS) is 22.9. The molecule has 0 spiro atoms. The average Bonchev–Trinajstić information content (AvgIpc) is 2.97. The van der Waals surface area contributed by atoms with Crippen LogP contribution in [0.5, 0.6) is 0 Å². The Morgan fingerprint density at radius 3 is 3.05 bits per heavy atom. The van der Waals surface area contributed by atoms with Crippen LogP contribution in [0, 0.1) is 5.92 Å². The molecule has 1 fully saturated rings. The van der Waals surface area contributed by atoms with E-state index in [-0.39, 0.29) is 19.1 Å². The summed E-state index contributed by atoms with van der Waals surface area (Å²) in [5.74, 6) is 2.64. The second-order valence-electron chi connectivity index (χ2n) is 5.25. The molecule has 110 valence electrons. The van der Waals surface area contributed by atoms with Crippen molar-refractivity contribution in [2.45, 2.75) is 25.4 Å². The lowest BCUT2D eigenvalue weighted by Gasteiger charge is -2.08. The molecule has 1 aliphatic rings. The van der Waals surface area contributed by atoms with E-state index in [9.17, 15) is 9.90 Å². The molecule has 1 aromatic heterocycles. The quantitative estimate of drug-likeness (QED) is 0.743. The van der Waals surface area contributed by atoms with Gasteiger partial charge in [-0.25, -0.2) is 0 Å². The minimum absolute atomic E-state index is 0.167. The van der Waals surface area contributed by atoms with Crippen molar-refractivity contribution in [3.05, 3.63) is 29.7 Å². The Labute approximate surface area is 118 Å². The molecule has 0 aliphatic heterocycles. The lowest BCUT2D eigenvalue weighted by Crippen LogP contribution is -2.33. The van der Waals surface area contributed by atoms with Crippen LogP contribution < -0.4 is 5.32 Å². The average molecular weight is 279 g/mol. The fourth-order valence-electron chi connectivity index (χ4n) is 2.06. The van der Waals surface area contributed by atoms with E-state index in [1.807, 2.05) is 12.1 Å². The molecule has 5 nitrogen and oxygen atoms in total. The third kappa shape index (κ3) is 4.21. The van der Waals surface area contributed by atoms with Gasteiger partial charge in [-0.05, 0) is 30.5 Å². The highest BCUT2D eigenvalue weighted by molar-refractivity contribution is 5.91. The van der Waals surface area contributed by atoms with Crippen molar-refractivity contribution >= 4 is 12.0 Å². The van der Waals surface area contributed by atoms with Crippen LogP contribution in [0.15, 0.2) is 22.6 Å². The summed E-state index contributed by atoms with van der Waals surface area (Å²) in [6.07, 6.45) is 3.52. The number of hydrogen-bond donors (Lipinski definition) is 2. The molecule has 0 radical (unpaired) electrons. The van der Waals surface area contributed by atoms with Gasteiger partial charge in [-0.3, -0.25) is 4.79 Å². The number of nitrogens with one attached hydrogen (secondary N) is 1. The lowest BCUT2D eigenvalue weighted by molar-refractivity contribution is -0.117. The number of carbonyl (C=O) groups excluding carboxylic acids is 1. The molecular formula is C15H21NO4. The summed E-state index contributed by atoms with van der Waals surface area (Å²) in [4.78, 5) is 11.5. The van der Waals surface area contributed by atoms with E-state index in [4.69, 9.17) is 9.15 Å². The van der Waals surface area contributed by atoms with E-state index in [1.165, 1.54) is 19.6 Å². The molecule has 20 heavy (non-hydrogen) atoms. The van der Waals surface area contributed by atoms with Gasteiger partial charge in [-0.2, -0.15) is 0 Å². The van der Waals surface area contributed by atoms with E-state index in [0.717, 1.165) is 5.76 Å². The summed E-state index contributed by atoms with van der Waals surface area (Å²) in [7, 11) is 1.50. The van der Waals surface area contributed by atoms with Crippen LogP contribution in [-0.4, -0.2) is 37.4 Å². The molecule has 2 N–H and O–H groups in total. The van der Waals surface area contributed by atoms with Crippen molar-refractivity contribution in [3.63, 3.8) is 0 Å². The third-order valence-electron chi connectivity index (χ3n) is 3.39. The predicted octanol–water partition coefficient (Wildman–Crippen LogP) is 1.54. The fraction of sp³-hybridized carbons (Fsp3) is 0.533. The summed E-state index contributed by atoms with van der Waals surface area (Å²) in [6, 6.07) is 3.83. The van der Waals surface area contributed by atoms with Gasteiger partial charge in [0.2, 0.25) is 5.91 Å². The van der Waals surface area contributed by atoms with Gasteiger partial charge < -0.3 is 19.6 Å². The first-order valence-corrected chi connectivity index (χ1v) is 6.82. The van der Waals surface area contributed by atoms with E-state index < -0.39 is 6.10 Å². The van der Waals surface area contributed by atoms with Crippen molar-refractivity contribution < 1.29 is 19.1 Å². The minimum Gasteiger partial charge on any atom is -0.461 e. The van der Waals surface area contributed by atoms with Gasteiger partial charge in [-0.15, -0.1) is 0 Å². The fourth-order valence-corrected chi connectivity index (χ4v) is 2.06. The standard InChI is InChI=1S/C15H21NO4/c1-10-7-13(10)14-5-3-12(20-14)4-6-15(18)16-8-11(17)9-19-2/h3-6,10-11,13,17H,7-9H2,1-2H3,(H,16,18). The number of aliphatic hydroxyl groups excluding tert-OH is 1. The first-order chi connectivity index (χ1) is 9.60. The molecule has 1 heterocycles. The summed E-state index contributed by atoms with van der Waals surface area (Å²) in [6.45, 7) is 2.56. The topological polar surface area (TPSA) is 71.7 Å². The molecule has 3 unspecified atom stereocenters. The Bertz CT molecular complexity index is 480. The van der Waals surface area contributed by atoms with Crippen LogP contribution in [0.2, 0.25) is 0 Å². The van der Waals surface area contributed by atoms with Gasteiger partial charge in [-0.1, -0.05) is 6.92 Å². The van der Waals surface area contributed by atoms with Crippen LogP contribution in [0.1, 0.15) is 30.8 Å². The number of hydrogen-bond acceptors (Lipinski definition) is 4. The zero-order chi connectivity index (χ0) is 14.5. The highest BCUT2D eigenvalue weighted by Gasteiger charge is 2.36. The number of ether oxygens (including phenoxy) is 1. The molecule has 1 aromatic rings. The second-order valence-corrected chi connectivity index (χ2v) is 5.25. The van der Waals surface area contributed by atoms with E-state index in [1.54, 1.807) is 6.08 Å². The van der Waals surface area contributed by atoms with Crippen molar-refractivity contribution in [2.24, 2.45) is 5.92 Å². The number of amides is 1. The molecule has 0 bridgehead atoms. The molecular weight excluding hydrogens is 258 g/mol. The van der Waals surface area contributed by atoms with Gasteiger partial charge in [0.1, 0.15) is 11.5 Å². The maximum atomic E-state index is 11.5. The van der Waals surface area contributed by atoms with Crippen molar-refractivity contribution in [2.75, 3.05) is 20.3 Å². The monoisotopic (exact) mass is 279 g/mol. The van der Waals surface area contributed by atoms with Crippen LogP contribution in [0.25, 0.3) is 6.08 Å². The maximum Gasteiger partial charge on any atom is 0.244 e. The van der Waals surface area contributed by atoms with E-state index in [2.05, 4.69) is 12.2 Å². The summed E-state index contributed by atoms with van der Waals surface area (Å²) in [5, 5.41) is 12.0. The molecule has 0 saturated heterocycles. The first kappa shape index (κ1) is 14.8. The van der Waals surface area contributed by atoms with Crippen LogP contribution in [-0.2, 0) is 9.53 Å². The summed E-state index contributed by atoms with van der Waals surface area (Å²) in [5.41, 5.74) is 0. The van der Waals surface area contributed by atoms with Gasteiger partial charge in [0.25, 0.3) is 0 Å². The summed E-state index contributed by atoms with van der Waals surface area (Å²) < 4.78 is 10.4. The Morgan fingerprint density at radius 2 is 2.40 bits per heavy atom. The summed E-state index contributed by atoms with van der Waals surface area (Å²) >= 11 is 0. The smallest absolute Gasteiger partial charge is 0.244 e. The van der Waals surface area contributed by atoms with E-state index in [0.29, 0.717) is 17.6 Å². The van der Waals surface area contributed by atoms with Gasteiger partial charge in [0, 0.05) is 25.6 Å². The Kier molecular flexibility index (Phi) is 4.98. The molecule has 0 aromatic carbocycles. The Morgan fingerprint density at radius 1 is 1.65 bits per heavy atom. The number of aliphatic hydroxyl groups is 1. The second kappa shape index (κ2) is 6.72. The van der Waals surface area contributed by atoms with Crippen LogP contribution in [0.4, 0.5) is 0 Å². The van der Waals surface area contributed by atoms with Crippen LogP contribution in [0.3, 0.4) is 0 Å². The van der Waals surface area contributed by atoms with Gasteiger partial charge in [0.05, 0.1) is 12.7 Å². The molecule has 1 amide bonds. The zero-order valence-corrected chi connectivity index (χ0v) is 11.8. The Hall–Kier alpha value is -1.59. The molecule has 5 heteroatoms. The minimum atomic E-state index is -0.691. The third-order valence-corrected chi connectivity index (χ3v) is 3.39. The number of carbonyl (C=O) groups is 1. The molecule has 1 saturated carbocycles. The first-order valence-electron chi connectivity index (χ1n) is 6.82. The highest BCUT2D eigenvalue weighted by Crippen LogP contribution is 2.47. The number of rotatable bonds is 7. The van der Waals surface area contributed by atoms with Crippen molar-refractivity contribution in [1.82, 2.24) is 5.32 Å². The maximum absolute atomic E-state index is 11.5. The zero-order valence-electron chi connectivity index (χ0n) is 11.8. The highest BCUT2D eigenvalue weighted by atomic mass is 16.5. The number of methoxy groups -OCH3 is 1. The van der Waals surface area contributed by atoms with Gasteiger partial charge in [0.15, 0.2) is 0 Å². The SMILES string of the molecule is COCC(O)CNC(=O)C=Cc1ccc(C2CC2C)o1. The number of furan rings is 1. The molecule has 2 rings (SSSR count). The van der Waals surface area contributed by atoms with Gasteiger partial charge >= 0.3 is 0 Å². The lowest BCUT2D eigenvalue weighted by atomic mass is 10.3. The predicted molar refractivity (Wildman–Crippen MR) is 75.2 cm³/mol. The Balaban J connectivity index is 1.77.